The molecule has 0 heterocycles. The van der Waals surface area contributed by atoms with Crippen LogP contribution < -0.4 is 0 Å². The molecular weight excluding hydrogens is 188 g/mol. The standard InChI is InChI=1S/C13H16O2/c1-8-7-9(2)11(4)13(10(8)3)12(15)5-6-14/h6-7H,5H2,1-4H3. The summed E-state index contributed by atoms with van der Waals surface area (Å²) in [5.74, 6) is -0.0770. The Labute approximate surface area is 90.3 Å². The van der Waals surface area contributed by atoms with Crippen LogP contribution in [0.1, 0.15) is 39.0 Å². The smallest absolute Gasteiger partial charge is 0.170 e. The Balaban J connectivity index is 3.38. The quantitative estimate of drug-likeness (QED) is 0.431. The van der Waals surface area contributed by atoms with Gasteiger partial charge in [0.2, 0.25) is 0 Å². The molecule has 80 valence electrons. The van der Waals surface area contributed by atoms with Crippen LogP contribution in [0.4, 0.5) is 0 Å². The van der Waals surface area contributed by atoms with Crippen LogP contribution in [0, 0.1) is 27.7 Å². The number of ketones is 1. The lowest BCUT2D eigenvalue weighted by Gasteiger charge is -2.13. The number of hydrogen-bond donors (Lipinski definition) is 0. The molecule has 2 nitrogen and oxygen atoms in total. The van der Waals surface area contributed by atoms with Gasteiger partial charge in [-0.3, -0.25) is 4.79 Å². The van der Waals surface area contributed by atoms with Crippen molar-refractivity contribution < 1.29 is 9.59 Å². The van der Waals surface area contributed by atoms with Gasteiger partial charge in [-0.25, -0.2) is 0 Å². The van der Waals surface area contributed by atoms with Gasteiger partial charge in [0, 0.05) is 5.56 Å². The van der Waals surface area contributed by atoms with Crippen molar-refractivity contribution in [3.63, 3.8) is 0 Å². The molecule has 0 saturated carbocycles. The summed E-state index contributed by atoms with van der Waals surface area (Å²) in [7, 11) is 0. The van der Waals surface area contributed by atoms with Gasteiger partial charge in [0.05, 0.1) is 6.42 Å². The zero-order valence-corrected chi connectivity index (χ0v) is 9.68. The van der Waals surface area contributed by atoms with E-state index < -0.39 is 0 Å². The minimum atomic E-state index is -0.0770. The largest absolute Gasteiger partial charge is 0.303 e. The normalized spacial score (nSPS) is 10.1. The van der Waals surface area contributed by atoms with Crippen molar-refractivity contribution in [2.24, 2.45) is 0 Å². The average molecular weight is 204 g/mol. The first-order valence-electron chi connectivity index (χ1n) is 5.03. The third-order valence-electron chi connectivity index (χ3n) is 2.91. The molecule has 0 atom stereocenters. The second-order valence-corrected chi connectivity index (χ2v) is 3.93. The van der Waals surface area contributed by atoms with E-state index in [-0.39, 0.29) is 12.2 Å². The number of benzene rings is 1. The Morgan fingerprint density at radius 3 is 2.00 bits per heavy atom. The molecule has 0 bridgehead atoms. The maximum Gasteiger partial charge on any atom is 0.170 e. The van der Waals surface area contributed by atoms with E-state index in [1.807, 2.05) is 27.7 Å². The zero-order chi connectivity index (χ0) is 11.6. The fraction of sp³-hybridized carbons (Fsp3) is 0.385. The Morgan fingerprint density at radius 2 is 1.60 bits per heavy atom. The molecule has 0 aliphatic heterocycles. The summed E-state index contributed by atoms with van der Waals surface area (Å²) in [6.07, 6.45) is 0.642. The highest BCUT2D eigenvalue weighted by Crippen LogP contribution is 2.22. The highest BCUT2D eigenvalue weighted by molar-refractivity contribution is 6.05. The van der Waals surface area contributed by atoms with E-state index in [0.29, 0.717) is 6.29 Å². The van der Waals surface area contributed by atoms with Gasteiger partial charge in [-0.1, -0.05) is 6.07 Å². The minimum absolute atomic E-state index is 0.0232. The maximum atomic E-state index is 11.8. The highest BCUT2D eigenvalue weighted by atomic mass is 16.1. The van der Waals surface area contributed by atoms with Gasteiger partial charge in [0.1, 0.15) is 6.29 Å². The zero-order valence-electron chi connectivity index (χ0n) is 9.68. The molecule has 0 saturated heterocycles. The first-order valence-corrected chi connectivity index (χ1v) is 5.03. The number of hydrogen-bond acceptors (Lipinski definition) is 2. The first-order chi connectivity index (χ1) is 6.99. The van der Waals surface area contributed by atoms with Crippen LogP contribution in [0.2, 0.25) is 0 Å². The summed E-state index contributed by atoms with van der Waals surface area (Å²) in [6, 6.07) is 2.07. The van der Waals surface area contributed by atoms with E-state index in [2.05, 4.69) is 6.07 Å². The Kier molecular flexibility index (Phi) is 3.40. The molecular formula is C13H16O2. The van der Waals surface area contributed by atoms with Crippen molar-refractivity contribution >= 4 is 12.1 Å². The molecule has 0 unspecified atom stereocenters. The Hall–Kier alpha value is -1.44. The van der Waals surface area contributed by atoms with E-state index in [1.165, 1.54) is 0 Å². The van der Waals surface area contributed by atoms with Crippen LogP contribution in [0.25, 0.3) is 0 Å². The van der Waals surface area contributed by atoms with Crippen LogP contribution >= 0.6 is 0 Å². The van der Waals surface area contributed by atoms with Crippen molar-refractivity contribution in [2.75, 3.05) is 0 Å². The van der Waals surface area contributed by atoms with Crippen LogP contribution in [-0.2, 0) is 4.79 Å². The summed E-state index contributed by atoms with van der Waals surface area (Å²) >= 11 is 0. The predicted octanol–water partition coefficient (Wildman–Crippen LogP) is 2.69. The Bertz CT molecular complexity index is 391. The van der Waals surface area contributed by atoms with Gasteiger partial charge in [0.25, 0.3) is 0 Å². The SMILES string of the molecule is Cc1cc(C)c(C)c(C(=O)CC=O)c1C. The lowest BCUT2D eigenvalue weighted by Crippen LogP contribution is -2.07. The molecule has 2 heteroatoms. The van der Waals surface area contributed by atoms with Gasteiger partial charge >= 0.3 is 0 Å². The molecule has 1 aromatic rings. The van der Waals surface area contributed by atoms with Crippen molar-refractivity contribution in [2.45, 2.75) is 34.1 Å². The molecule has 0 spiro atoms. The van der Waals surface area contributed by atoms with Gasteiger partial charge in [-0.2, -0.15) is 0 Å². The fourth-order valence-electron chi connectivity index (χ4n) is 1.81. The second-order valence-electron chi connectivity index (χ2n) is 3.93. The van der Waals surface area contributed by atoms with Crippen molar-refractivity contribution in [1.82, 2.24) is 0 Å². The summed E-state index contributed by atoms with van der Waals surface area (Å²) in [5.41, 5.74) is 4.91. The third kappa shape index (κ3) is 2.14. The van der Waals surface area contributed by atoms with Crippen LogP contribution in [-0.4, -0.2) is 12.1 Å². The van der Waals surface area contributed by atoms with E-state index in [9.17, 15) is 9.59 Å². The Morgan fingerprint density at radius 1 is 1.13 bits per heavy atom. The monoisotopic (exact) mass is 204 g/mol. The van der Waals surface area contributed by atoms with Gasteiger partial charge in [0.15, 0.2) is 5.78 Å². The van der Waals surface area contributed by atoms with E-state index >= 15 is 0 Å². The molecule has 1 aromatic carbocycles. The molecule has 0 aromatic heterocycles. The van der Waals surface area contributed by atoms with Gasteiger partial charge in [-0.15, -0.1) is 0 Å². The summed E-state index contributed by atoms with van der Waals surface area (Å²) in [6.45, 7) is 7.83. The number of carbonyl (C=O) groups excluding carboxylic acids is 2. The number of rotatable bonds is 3. The lowest BCUT2D eigenvalue weighted by molar-refractivity contribution is -0.107. The van der Waals surface area contributed by atoms with Gasteiger partial charge < -0.3 is 4.79 Å². The number of aryl methyl sites for hydroxylation is 2. The molecule has 0 N–H and O–H groups in total. The van der Waals surface area contributed by atoms with Crippen molar-refractivity contribution in [3.05, 3.63) is 33.9 Å². The molecule has 0 aliphatic rings. The van der Waals surface area contributed by atoms with Crippen LogP contribution in [0.5, 0.6) is 0 Å². The predicted molar refractivity (Wildman–Crippen MR) is 60.4 cm³/mol. The topological polar surface area (TPSA) is 34.1 Å². The molecule has 0 radical (unpaired) electrons. The van der Waals surface area contributed by atoms with Crippen LogP contribution in [0.15, 0.2) is 6.07 Å². The third-order valence-corrected chi connectivity index (χ3v) is 2.91. The summed E-state index contributed by atoms with van der Waals surface area (Å²) in [4.78, 5) is 22.1. The van der Waals surface area contributed by atoms with E-state index in [0.717, 1.165) is 27.8 Å². The molecule has 0 aliphatic carbocycles. The summed E-state index contributed by atoms with van der Waals surface area (Å²) < 4.78 is 0. The van der Waals surface area contributed by atoms with Gasteiger partial charge in [-0.05, 0) is 49.9 Å². The number of carbonyl (C=O) groups is 2. The fourth-order valence-corrected chi connectivity index (χ4v) is 1.81. The summed E-state index contributed by atoms with van der Waals surface area (Å²) in [5, 5.41) is 0. The van der Waals surface area contributed by atoms with E-state index in [1.54, 1.807) is 0 Å². The highest BCUT2D eigenvalue weighted by Gasteiger charge is 2.14. The maximum absolute atomic E-state index is 11.8. The molecule has 1 rings (SSSR count). The first kappa shape index (κ1) is 11.6. The average Bonchev–Trinajstić information content (AvgIpc) is 2.16. The number of Topliss-reactive ketones (excluding diaryl/α,β-unsaturated/α-hetero) is 1. The lowest BCUT2D eigenvalue weighted by atomic mass is 9.91. The molecule has 0 fully saturated rings. The van der Waals surface area contributed by atoms with Crippen molar-refractivity contribution in [3.8, 4) is 0 Å². The number of aldehydes is 1. The minimum Gasteiger partial charge on any atom is -0.303 e. The van der Waals surface area contributed by atoms with E-state index in [4.69, 9.17) is 0 Å². The van der Waals surface area contributed by atoms with Crippen molar-refractivity contribution in [1.29, 1.82) is 0 Å². The molecule has 15 heavy (non-hydrogen) atoms. The van der Waals surface area contributed by atoms with Crippen LogP contribution in [0.3, 0.4) is 0 Å². The molecule has 0 amide bonds. The second kappa shape index (κ2) is 4.39.